The van der Waals surface area contributed by atoms with Crippen LogP contribution in [0.4, 0.5) is 5.69 Å². The average molecular weight is 344 g/mol. The minimum absolute atomic E-state index is 0.253. The number of rotatable bonds is 3. The SMILES string of the molecule is Cc1noc([C@H]2CCCN(C(=S)Nc3ccc(C(C)C)cc3)C2)n1. The Morgan fingerprint density at radius 3 is 2.71 bits per heavy atom. The number of aromatic nitrogens is 2. The summed E-state index contributed by atoms with van der Waals surface area (Å²) in [6.45, 7) is 8.01. The van der Waals surface area contributed by atoms with Crippen LogP contribution in [0, 0.1) is 6.92 Å². The van der Waals surface area contributed by atoms with Crippen LogP contribution in [0.2, 0.25) is 0 Å². The lowest BCUT2D eigenvalue weighted by atomic mass is 9.98. The lowest BCUT2D eigenvalue weighted by Gasteiger charge is -2.33. The summed E-state index contributed by atoms with van der Waals surface area (Å²) >= 11 is 5.60. The van der Waals surface area contributed by atoms with Crippen molar-refractivity contribution in [3.63, 3.8) is 0 Å². The van der Waals surface area contributed by atoms with Crippen LogP contribution in [-0.4, -0.2) is 33.2 Å². The maximum Gasteiger partial charge on any atom is 0.231 e. The number of piperidine rings is 1. The quantitative estimate of drug-likeness (QED) is 0.847. The molecule has 2 heterocycles. The van der Waals surface area contributed by atoms with Gasteiger partial charge in [0.15, 0.2) is 10.9 Å². The van der Waals surface area contributed by atoms with Crippen LogP contribution < -0.4 is 5.32 Å². The lowest BCUT2D eigenvalue weighted by Crippen LogP contribution is -2.41. The summed E-state index contributed by atoms with van der Waals surface area (Å²) in [7, 11) is 0. The van der Waals surface area contributed by atoms with E-state index in [0.29, 0.717) is 11.7 Å². The summed E-state index contributed by atoms with van der Waals surface area (Å²) in [5, 5.41) is 8.00. The number of anilines is 1. The Balaban J connectivity index is 1.62. The fourth-order valence-electron chi connectivity index (χ4n) is 3.00. The van der Waals surface area contributed by atoms with E-state index in [0.717, 1.165) is 42.6 Å². The molecule has 1 saturated heterocycles. The number of likely N-dealkylation sites (tertiary alicyclic amines) is 1. The third-order valence-electron chi connectivity index (χ3n) is 4.43. The van der Waals surface area contributed by atoms with Crippen LogP contribution in [0.1, 0.15) is 55.8 Å². The van der Waals surface area contributed by atoms with Gasteiger partial charge in [0.1, 0.15) is 0 Å². The Bertz CT molecular complexity index is 695. The number of benzene rings is 1. The minimum Gasteiger partial charge on any atom is -0.348 e. The van der Waals surface area contributed by atoms with Crippen molar-refractivity contribution in [2.45, 2.75) is 45.4 Å². The molecule has 0 amide bonds. The van der Waals surface area contributed by atoms with Gasteiger partial charge in [-0.15, -0.1) is 0 Å². The molecule has 1 atom stereocenters. The summed E-state index contributed by atoms with van der Waals surface area (Å²) in [6.07, 6.45) is 2.13. The molecule has 0 spiro atoms. The van der Waals surface area contributed by atoms with E-state index in [1.165, 1.54) is 5.56 Å². The first-order chi connectivity index (χ1) is 11.5. The van der Waals surface area contributed by atoms with E-state index in [1.54, 1.807) is 0 Å². The predicted octanol–water partition coefficient (Wildman–Crippen LogP) is 4.08. The van der Waals surface area contributed by atoms with E-state index < -0.39 is 0 Å². The van der Waals surface area contributed by atoms with Gasteiger partial charge in [-0.2, -0.15) is 4.98 Å². The van der Waals surface area contributed by atoms with E-state index in [2.05, 4.69) is 58.5 Å². The van der Waals surface area contributed by atoms with Crippen LogP contribution in [0.5, 0.6) is 0 Å². The number of thiocarbonyl (C=S) groups is 1. The second kappa shape index (κ2) is 7.30. The Kier molecular flexibility index (Phi) is 5.14. The second-order valence-electron chi connectivity index (χ2n) is 6.67. The molecule has 1 aromatic carbocycles. The van der Waals surface area contributed by atoms with E-state index in [4.69, 9.17) is 16.7 Å². The Hall–Kier alpha value is -1.95. The number of aryl methyl sites for hydroxylation is 1. The molecule has 0 aliphatic carbocycles. The summed E-state index contributed by atoms with van der Waals surface area (Å²) in [5.74, 6) is 2.20. The van der Waals surface area contributed by atoms with Crippen molar-refractivity contribution in [2.24, 2.45) is 0 Å². The molecular formula is C18H24N4OS. The molecule has 3 rings (SSSR count). The molecule has 2 aromatic rings. The standard InChI is InChI=1S/C18H24N4OS/c1-12(2)14-6-8-16(9-7-14)20-18(24)22-10-4-5-15(11-22)17-19-13(3)21-23-17/h6-9,12,15H,4-5,10-11H2,1-3H3,(H,20,24)/t15-/m0/s1. The minimum atomic E-state index is 0.253. The van der Waals surface area contributed by atoms with Crippen LogP contribution in [0.25, 0.3) is 0 Å². The Morgan fingerprint density at radius 1 is 1.33 bits per heavy atom. The van der Waals surface area contributed by atoms with Gasteiger partial charge in [0.05, 0.1) is 5.92 Å². The van der Waals surface area contributed by atoms with Gasteiger partial charge in [0.2, 0.25) is 5.89 Å². The molecule has 5 nitrogen and oxygen atoms in total. The highest BCUT2D eigenvalue weighted by Gasteiger charge is 2.26. The van der Waals surface area contributed by atoms with Crippen molar-refractivity contribution < 1.29 is 4.52 Å². The molecule has 6 heteroatoms. The van der Waals surface area contributed by atoms with Crippen LogP contribution >= 0.6 is 12.2 Å². The third-order valence-corrected chi connectivity index (χ3v) is 4.79. The monoisotopic (exact) mass is 344 g/mol. The lowest BCUT2D eigenvalue weighted by molar-refractivity contribution is 0.261. The van der Waals surface area contributed by atoms with Crippen LogP contribution in [0.3, 0.4) is 0 Å². The smallest absolute Gasteiger partial charge is 0.231 e. The zero-order valence-electron chi connectivity index (χ0n) is 14.5. The molecule has 1 fully saturated rings. The van der Waals surface area contributed by atoms with E-state index in [9.17, 15) is 0 Å². The number of hydrogen-bond acceptors (Lipinski definition) is 4. The van der Waals surface area contributed by atoms with E-state index in [1.807, 2.05) is 6.92 Å². The molecule has 1 aliphatic heterocycles. The van der Waals surface area contributed by atoms with Crippen molar-refractivity contribution in [3.05, 3.63) is 41.5 Å². The molecule has 128 valence electrons. The molecular weight excluding hydrogens is 320 g/mol. The number of nitrogens with zero attached hydrogens (tertiary/aromatic N) is 3. The molecule has 0 bridgehead atoms. The zero-order chi connectivity index (χ0) is 17.1. The van der Waals surface area contributed by atoms with Gasteiger partial charge in [-0.05, 0) is 55.6 Å². The number of hydrogen-bond donors (Lipinski definition) is 1. The normalized spacial score (nSPS) is 18.0. The van der Waals surface area contributed by atoms with E-state index in [-0.39, 0.29) is 5.92 Å². The van der Waals surface area contributed by atoms with Crippen molar-refractivity contribution in [2.75, 3.05) is 18.4 Å². The van der Waals surface area contributed by atoms with E-state index >= 15 is 0 Å². The van der Waals surface area contributed by atoms with Gasteiger partial charge in [-0.3, -0.25) is 0 Å². The topological polar surface area (TPSA) is 54.2 Å². The van der Waals surface area contributed by atoms with Gasteiger partial charge in [0.25, 0.3) is 0 Å². The average Bonchev–Trinajstić information content (AvgIpc) is 3.02. The first kappa shape index (κ1) is 16.9. The van der Waals surface area contributed by atoms with Crippen molar-refractivity contribution in [3.8, 4) is 0 Å². The summed E-state index contributed by atoms with van der Waals surface area (Å²) < 4.78 is 5.33. The zero-order valence-corrected chi connectivity index (χ0v) is 15.3. The fourth-order valence-corrected chi connectivity index (χ4v) is 3.28. The molecule has 1 aliphatic rings. The van der Waals surface area contributed by atoms with Crippen LogP contribution in [-0.2, 0) is 0 Å². The first-order valence-corrected chi connectivity index (χ1v) is 8.90. The van der Waals surface area contributed by atoms with Crippen molar-refractivity contribution in [1.29, 1.82) is 0 Å². The maximum absolute atomic E-state index is 5.60. The molecule has 1 aromatic heterocycles. The first-order valence-electron chi connectivity index (χ1n) is 8.49. The molecule has 1 N–H and O–H groups in total. The van der Waals surface area contributed by atoms with Gasteiger partial charge in [-0.25, -0.2) is 0 Å². The number of nitrogens with one attached hydrogen (secondary N) is 1. The largest absolute Gasteiger partial charge is 0.348 e. The maximum atomic E-state index is 5.60. The van der Waals surface area contributed by atoms with Crippen molar-refractivity contribution >= 4 is 23.0 Å². The Labute approximate surface area is 148 Å². The molecule has 0 unspecified atom stereocenters. The van der Waals surface area contributed by atoms with Crippen molar-refractivity contribution in [1.82, 2.24) is 15.0 Å². The Morgan fingerprint density at radius 2 is 2.08 bits per heavy atom. The fraction of sp³-hybridized carbons (Fsp3) is 0.500. The molecule has 0 saturated carbocycles. The third kappa shape index (κ3) is 3.93. The second-order valence-corrected chi connectivity index (χ2v) is 7.06. The molecule has 24 heavy (non-hydrogen) atoms. The highest BCUT2D eigenvalue weighted by Crippen LogP contribution is 2.26. The highest BCUT2D eigenvalue weighted by atomic mass is 32.1. The van der Waals surface area contributed by atoms with Gasteiger partial charge >= 0.3 is 0 Å². The van der Waals surface area contributed by atoms with Gasteiger partial charge in [-0.1, -0.05) is 31.1 Å². The predicted molar refractivity (Wildman–Crippen MR) is 99.3 cm³/mol. The summed E-state index contributed by atoms with van der Waals surface area (Å²) in [5.41, 5.74) is 2.36. The molecule has 0 radical (unpaired) electrons. The van der Waals surface area contributed by atoms with Gasteiger partial charge < -0.3 is 14.7 Å². The summed E-state index contributed by atoms with van der Waals surface area (Å²) in [4.78, 5) is 6.56. The van der Waals surface area contributed by atoms with Gasteiger partial charge in [0, 0.05) is 18.8 Å². The highest BCUT2D eigenvalue weighted by molar-refractivity contribution is 7.80. The van der Waals surface area contributed by atoms with Crippen LogP contribution in [0.15, 0.2) is 28.8 Å². The summed E-state index contributed by atoms with van der Waals surface area (Å²) in [6, 6.07) is 8.47.